The van der Waals surface area contributed by atoms with Gasteiger partial charge in [-0.15, -0.1) is 0 Å². The van der Waals surface area contributed by atoms with E-state index in [9.17, 15) is 14.4 Å². The number of methoxy groups -OCH3 is 3. The number of fused-ring (bicyclic) bond motifs is 3. The Balaban J connectivity index is 1.76. The smallest absolute Gasteiger partial charge is 0.242 e. The number of ether oxygens (including phenoxy) is 3. The van der Waals surface area contributed by atoms with Crippen molar-refractivity contribution in [2.45, 2.75) is 58.5 Å². The number of rotatable bonds is 12. The monoisotopic (exact) mass is 602 g/mol. The van der Waals surface area contributed by atoms with Crippen molar-refractivity contribution < 1.29 is 23.8 Å². The van der Waals surface area contributed by atoms with E-state index < -0.39 is 12.1 Å². The maximum atomic E-state index is 13.8. The highest BCUT2D eigenvalue weighted by molar-refractivity contribution is 5.86. The van der Waals surface area contributed by atoms with E-state index >= 15 is 0 Å². The summed E-state index contributed by atoms with van der Waals surface area (Å²) in [4.78, 5) is 43.7. The molecule has 10 heteroatoms. The number of pyridine rings is 1. The number of carbonyl (C=O) groups is 2. The van der Waals surface area contributed by atoms with Crippen LogP contribution in [0.15, 0.2) is 53.5 Å². The molecule has 2 atom stereocenters. The zero-order valence-electron chi connectivity index (χ0n) is 26.3. The summed E-state index contributed by atoms with van der Waals surface area (Å²) in [6.45, 7) is 5.95. The number of benzene rings is 1. The van der Waals surface area contributed by atoms with Gasteiger partial charge in [-0.25, -0.2) is 0 Å². The van der Waals surface area contributed by atoms with E-state index in [2.05, 4.69) is 20.9 Å². The van der Waals surface area contributed by atoms with Crippen LogP contribution in [0.25, 0.3) is 11.1 Å². The van der Waals surface area contributed by atoms with Gasteiger partial charge in [0.15, 0.2) is 11.5 Å². The van der Waals surface area contributed by atoms with Gasteiger partial charge in [-0.3, -0.25) is 19.4 Å². The third-order valence-electron chi connectivity index (χ3n) is 7.68. The van der Waals surface area contributed by atoms with Crippen LogP contribution in [0.4, 0.5) is 5.69 Å². The van der Waals surface area contributed by atoms with Gasteiger partial charge in [-0.1, -0.05) is 26.0 Å². The summed E-state index contributed by atoms with van der Waals surface area (Å²) in [6.07, 6.45) is 4.00. The number of nitrogens with zero attached hydrogens (tertiary/aromatic N) is 1. The van der Waals surface area contributed by atoms with Crippen LogP contribution in [0.2, 0.25) is 0 Å². The van der Waals surface area contributed by atoms with Gasteiger partial charge in [0, 0.05) is 37.3 Å². The summed E-state index contributed by atoms with van der Waals surface area (Å²) in [5, 5.41) is 9.24. The number of hydrogen-bond acceptors (Lipinski definition) is 8. The summed E-state index contributed by atoms with van der Waals surface area (Å²) in [5.74, 6) is 1.24. The molecule has 0 saturated carbocycles. The molecule has 0 saturated heterocycles. The van der Waals surface area contributed by atoms with Crippen LogP contribution in [-0.4, -0.2) is 50.7 Å². The van der Waals surface area contributed by atoms with Crippen molar-refractivity contribution in [1.82, 2.24) is 15.6 Å². The van der Waals surface area contributed by atoms with Crippen molar-refractivity contribution in [3.63, 3.8) is 0 Å². The van der Waals surface area contributed by atoms with Crippen molar-refractivity contribution in [2.24, 2.45) is 5.92 Å². The minimum absolute atomic E-state index is 0.193. The average molecular weight is 603 g/mol. The Morgan fingerprint density at radius 2 is 1.80 bits per heavy atom. The molecule has 1 aromatic heterocycles. The fourth-order valence-corrected chi connectivity index (χ4v) is 5.70. The van der Waals surface area contributed by atoms with E-state index in [4.69, 9.17) is 14.2 Å². The predicted octanol–water partition coefficient (Wildman–Crippen LogP) is 4.44. The van der Waals surface area contributed by atoms with Gasteiger partial charge < -0.3 is 30.2 Å². The topological polar surface area (TPSA) is 128 Å². The molecule has 44 heavy (non-hydrogen) atoms. The van der Waals surface area contributed by atoms with Crippen LogP contribution in [0.1, 0.15) is 56.5 Å². The molecule has 0 fully saturated rings. The number of amides is 2. The maximum Gasteiger partial charge on any atom is 0.242 e. The van der Waals surface area contributed by atoms with E-state index in [1.165, 1.54) is 6.92 Å². The molecule has 0 spiro atoms. The molecule has 10 nitrogen and oxygen atoms in total. The van der Waals surface area contributed by atoms with Gasteiger partial charge in [0.2, 0.25) is 23.0 Å². The Bertz CT molecular complexity index is 1540. The van der Waals surface area contributed by atoms with Crippen LogP contribution >= 0.6 is 0 Å². The summed E-state index contributed by atoms with van der Waals surface area (Å²) < 4.78 is 17.1. The van der Waals surface area contributed by atoms with E-state index in [0.29, 0.717) is 55.0 Å². The highest BCUT2D eigenvalue weighted by Gasteiger charge is 2.30. The first-order chi connectivity index (χ1) is 21.2. The number of aryl methyl sites for hydroxylation is 1. The molecule has 0 unspecified atom stereocenters. The largest absolute Gasteiger partial charge is 0.493 e. The lowest BCUT2D eigenvalue weighted by Crippen LogP contribution is -2.42. The predicted molar refractivity (Wildman–Crippen MR) is 170 cm³/mol. The average Bonchev–Trinajstić information content (AvgIpc) is 3.24. The minimum Gasteiger partial charge on any atom is -0.493 e. The first kappa shape index (κ1) is 32.3. The van der Waals surface area contributed by atoms with Crippen molar-refractivity contribution in [1.29, 1.82) is 0 Å². The number of aromatic nitrogens is 1. The molecule has 3 N–H and O–H groups in total. The van der Waals surface area contributed by atoms with E-state index in [1.807, 2.05) is 44.2 Å². The molecule has 0 aliphatic heterocycles. The third-order valence-corrected chi connectivity index (χ3v) is 7.68. The second kappa shape index (κ2) is 14.7. The Morgan fingerprint density at radius 1 is 1.02 bits per heavy atom. The Kier molecular flexibility index (Phi) is 10.8. The van der Waals surface area contributed by atoms with Gasteiger partial charge in [-0.05, 0) is 72.2 Å². The fraction of sp³-hybridized carbons (Fsp3) is 0.412. The number of hydrogen-bond donors (Lipinski definition) is 3. The van der Waals surface area contributed by atoms with E-state index in [0.717, 1.165) is 22.4 Å². The molecule has 0 bridgehead atoms. The highest BCUT2D eigenvalue weighted by Crippen LogP contribution is 2.50. The molecule has 234 valence electrons. The maximum absolute atomic E-state index is 13.8. The molecule has 2 amide bonds. The second-order valence-electron chi connectivity index (χ2n) is 11.3. The first-order valence-electron chi connectivity index (χ1n) is 14.9. The highest BCUT2D eigenvalue weighted by atomic mass is 16.5. The Labute approximate surface area is 258 Å². The number of nitrogens with one attached hydrogen (secondary N) is 3. The van der Waals surface area contributed by atoms with E-state index in [-0.39, 0.29) is 28.8 Å². The van der Waals surface area contributed by atoms with Crippen molar-refractivity contribution in [3.05, 3.63) is 75.7 Å². The zero-order chi connectivity index (χ0) is 31.8. The normalized spacial score (nSPS) is 14.4. The number of anilines is 1. The van der Waals surface area contributed by atoms with Crippen LogP contribution in [-0.2, 0) is 22.4 Å². The molecule has 1 aliphatic carbocycles. The molecular weight excluding hydrogens is 560 g/mol. The lowest BCUT2D eigenvalue weighted by Gasteiger charge is -2.20. The lowest BCUT2D eigenvalue weighted by atomic mass is 9.95. The lowest BCUT2D eigenvalue weighted by molar-refractivity contribution is -0.122. The van der Waals surface area contributed by atoms with Gasteiger partial charge >= 0.3 is 0 Å². The number of carbonyl (C=O) groups excluding carboxylic acids is 2. The fourth-order valence-electron chi connectivity index (χ4n) is 5.70. The summed E-state index contributed by atoms with van der Waals surface area (Å²) >= 11 is 0. The first-order valence-corrected chi connectivity index (χ1v) is 14.9. The van der Waals surface area contributed by atoms with Gasteiger partial charge in [-0.2, -0.15) is 0 Å². The molecule has 2 aromatic carbocycles. The molecule has 4 rings (SSSR count). The molecular formula is C34H42N4O6. The van der Waals surface area contributed by atoms with Gasteiger partial charge in [0.25, 0.3) is 0 Å². The zero-order valence-corrected chi connectivity index (χ0v) is 26.3. The standard InChI is InChI=1S/C34H42N4O6/c1-20(2)17-28(34(41)36-16-14-23-9-7-8-15-35-23)38-27-13-11-24-25(19-29(27)40)26(37-21(3)39)12-10-22-18-30(42-4)32(43-5)33(44-6)31(22)24/h7-9,11,13,15,18-20,26,28H,10,12,14,16-17H2,1-6H3,(H,36,41)(H,37,39)(H,38,40)/t26-,28-/m0/s1. The van der Waals surface area contributed by atoms with Crippen molar-refractivity contribution in [2.75, 3.05) is 33.2 Å². The van der Waals surface area contributed by atoms with Crippen LogP contribution in [0.3, 0.4) is 0 Å². The second-order valence-corrected chi connectivity index (χ2v) is 11.3. The third kappa shape index (κ3) is 7.48. The van der Waals surface area contributed by atoms with Gasteiger partial charge in [0.05, 0.1) is 33.1 Å². The SMILES string of the molecule is COc1cc2c(c(OC)c1OC)-c1ccc(N[C@@H](CC(C)C)C(=O)NCCc3ccccn3)c(=O)cc1[C@@H](NC(C)=O)CC2. The molecule has 0 radical (unpaired) electrons. The van der Waals surface area contributed by atoms with Crippen LogP contribution in [0.5, 0.6) is 17.2 Å². The van der Waals surface area contributed by atoms with Crippen LogP contribution < -0.4 is 35.6 Å². The summed E-state index contributed by atoms with van der Waals surface area (Å²) in [6, 6.07) is 11.6. The minimum atomic E-state index is -0.633. The van der Waals surface area contributed by atoms with Crippen LogP contribution in [0, 0.1) is 5.92 Å². The molecule has 3 aromatic rings. The summed E-state index contributed by atoms with van der Waals surface area (Å²) in [7, 11) is 4.67. The Hall–Kier alpha value is -4.60. The quantitative estimate of drug-likeness (QED) is 0.278. The van der Waals surface area contributed by atoms with Gasteiger partial charge in [0.1, 0.15) is 6.04 Å². The molecule has 1 aliphatic rings. The van der Waals surface area contributed by atoms with Crippen molar-refractivity contribution in [3.8, 4) is 28.4 Å². The summed E-state index contributed by atoms with van der Waals surface area (Å²) in [5.41, 5.74) is 3.96. The van der Waals surface area contributed by atoms with E-state index in [1.54, 1.807) is 39.7 Å². The molecule has 1 heterocycles. The Morgan fingerprint density at radius 3 is 2.43 bits per heavy atom. The van der Waals surface area contributed by atoms with Crippen molar-refractivity contribution >= 4 is 17.5 Å².